The Kier molecular flexibility index (Phi) is 4.50. The number of aromatic nitrogens is 2. The average molecular weight is 367 g/mol. The zero-order chi connectivity index (χ0) is 19.0. The molecule has 27 heavy (non-hydrogen) atoms. The van der Waals surface area contributed by atoms with Gasteiger partial charge in [0, 0.05) is 24.5 Å². The smallest absolute Gasteiger partial charge is 0.314 e. The van der Waals surface area contributed by atoms with Crippen LogP contribution in [0.15, 0.2) is 42.7 Å². The van der Waals surface area contributed by atoms with E-state index in [1.807, 2.05) is 55.3 Å². The van der Waals surface area contributed by atoms with Gasteiger partial charge in [-0.1, -0.05) is 19.1 Å². The Morgan fingerprint density at radius 2 is 2.04 bits per heavy atom. The zero-order valence-electron chi connectivity index (χ0n) is 15.8. The molecule has 142 valence electrons. The van der Waals surface area contributed by atoms with E-state index in [9.17, 15) is 9.59 Å². The predicted octanol–water partition coefficient (Wildman–Crippen LogP) is 3.21. The minimum absolute atomic E-state index is 0.0202. The van der Waals surface area contributed by atoms with Crippen molar-refractivity contribution in [3.05, 3.63) is 48.3 Å². The van der Waals surface area contributed by atoms with E-state index in [0.717, 1.165) is 18.5 Å². The van der Waals surface area contributed by atoms with E-state index in [1.165, 1.54) is 0 Å². The number of ether oxygens (including phenoxy) is 1. The molecule has 2 aliphatic rings. The first-order chi connectivity index (χ1) is 13.1. The van der Waals surface area contributed by atoms with Gasteiger partial charge in [0.25, 0.3) is 5.91 Å². The van der Waals surface area contributed by atoms with Crippen molar-refractivity contribution < 1.29 is 14.3 Å². The monoisotopic (exact) mass is 367 g/mol. The standard InChI is InChI=1S/C21H25N3O3/c1-3-21(20(26)27-4-2)14-15-10-11-18(21)24(15)19(25)16-8-5-6-9-17(16)23-13-7-12-22-23/h5-9,12-13,15,18H,3-4,10-11,14H2,1-2H3/t15-,18+,21+/m1/s1. The van der Waals surface area contributed by atoms with Gasteiger partial charge in [-0.2, -0.15) is 5.10 Å². The van der Waals surface area contributed by atoms with Crippen LogP contribution in [0, 0.1) is 5.41 Å². The first-order valence-corrected chi connectivity index (χ1v) is 9.71. The minimum Gasteiger partial charge on any atom is -0.466 e. The summed E-state index contributed by atoms with van der Waals surface area (Å²) in [6.07, 6.45) is 6.72. The molecule has 0 unspecified atom stereocenters. The van der Waals surface area contributed by atoms with Crippen LogP contribution in [-0.2, 0) is 9.53 Å². The molecule has 2 bridgehead atoms. The summed E-state index contributed by atoms with van der Waals surface area (Å²) in [6.45, 7) is 4.23. The third kappa shape index (κ3) is 2.66. The lowest BCUT2D eigenvalue weighted by molar-refractivity contribution is -0.157. The summed E-state index contributed by atoms with van der Waals surface area (Å²) in [5.41, 5.74) is 0.806. The second kappa shape index (κ2) is 6.83. The maximum absolute atomic E-state index is 13.5. The van der Waals surface area contributed by atoms with Gasteiger partial charge < -0.3 is 9.64 Å². The van der Waals surface area contributed by atoms with Gasteiger partial charge in [0.05, 0.1) is 23.3 Å². The number of nitrogens with zero attached hydrogens (tertiary/aromatic N) is 3. The lowest BCUT2D eigenvalue weighted by Crippen LogP contribution is -2.45. The number of rotatable bonds is 5. The topological polar surface area (TPSA) is 64.4 Å². The Morgan fingerprint density at radius 1 is 1.22 bits per heavy atom. The minimum atomic E-state index is -0.574. The van der Waals surface area contributed by atoms with Crippen LogP contribution in [0.1, 0.15) is 49.9 Å². The van der Waals surface area contributed by atoms with E-state index >= 15 is 0 Å². The van der Waals surface area contributed by atoms with Gasteiger partial charge in [-0.3, -0.25) is 9.59 Å². The Hall–Kier alpha value is -2.63. The zero-order valence-corrected chi connectivity index (χ0v) is 15.8. The van der Waals surface area contributed by atoms with Crippen molar-refractivity contribution in [2.24, 2.45) is 5.41 Å². The van der Waals surface area contributed by atoms with Crippen LogP contribution in [-0.4, -0.2) is 45.2 Å². The maximum atomic E-state index is 13.5. The third-order valence-corrected chi connectivity index (χ3v) is 6.17. The molecule has 2 aliphatic heterocycles. The number of benzene rings is 1. The quantitative estimate of drug-likeness (QED) is 0.761. The molecule has 2 saturated heterocycles. The number of para-hydroxylation sites is 1. The average Bonchev–Trinajstić information content (AvgIpc) is 3.43. The Morgan fingerprint density at radius 3 is 2.74 bits per heavy atom. The number of fused-ring (bicyclic) bond motifs is 2. The number of hydrogen-bond acceptors (Lipinski definition) is 4. The molecule has 3 atom stereocenters. The molecule has 0 radical (unpaired) electrons. The lowest BCUT2D eigenvalue weighted by Gasteiger charge is -2.34. The van der Waals surface area contributed by atoms with E-state index in [4.69, 9.17) is 4.74 Å². The second-order valence-corrected chi connectivity index (χ2v) is 7.36. The number of hydrogen-bond donors (Lipinski definition) is 0. The number of amides is 1. The Bertz CT molecular complexity index is 848. The highest BCUT2D eigenvalue weighted by molar-refractivity contribution is 5.99. The van der Waals surface area contributed by atoms with Crippen molar-refractivity contribution in [3.63, 3.8) is 0 Å². The Labute approximate surface area is 159 Å². The van der Waals surface area contributed by atoms with Crippen LogP contribution in [0.2, 0.25) is 0 Å². The van der Waals surface area contributed by atoms with Crippen molar-refractivity contribution in [2.75, 3.05) is 6.61 Å². The lowest BCUT2D eigenvalue weighted by atomic mass is 9.72. The van der Waals surface area contributed by atoms with Crippen molar-refractivity contribution >= 4 is 11.9 Å². The van der Waals surface area contributed by atoms with E-state index in [-0.39, 0.29) is 24.0 Å². The number of carbonyl (C=O) groups is 2. The molecule has 1 amide bonds. The molecule has 6 heteroatoms. The fourth-order valence-electron chi connectivity index (χ4n) is 4.91. The van der Waals surface area contributed by atoms with E-state index in [2.05, 4.69) is 5.10 Å². The molecule has 0 N–H and O–H groups in total. The SMILES string of the molecule is CCOC(=O)[C@@]1(CC)C[C@H]2CC[C@@H]1N2C(=O)c1ccccc1-n1cccn1. The van der Waals surface area contributed by atoms with Crippen LogP contribution in [0.3, 0.4) is 0 Å². The highest BCUT2D eigenvalue weighted by Crippen LogP contribution is 2.53. The van der Waals surface area contributed by atoms with E-state index in [1.54, 1.807) is 10.9 Å². The summed E-state index contributed by atoms with van der Waals surface area (Å²) in [5.74, 6) is -0.175. The van der Waals surface area contributed by atoms with Crippen LogP contribution in [0.25, 0.3) is 5.69 Å². The van der Waals surface area contributed by atoms with Crippen molar-refractivity contribution in [1.82, 2.24) is 14.7 Å². The van der Waals surface area contributed by atoms with Gasteiger partial charge >= 0.3 is 5.97 Å². The van der Waals surface area contributed by atoms with Crippen LogP contribution >= 0.6 is 0 Å². The number of esters is 1. The fraction of sp³-hybridized carbons (Fsp3) is 0.476. The summed E-state index contributed by atoms with van der Waals surface area (Å²) in [7, 11) is 0. The summed E-state index contributed by atoms with van der Waals surface area (Å²) in [6, 6.07) is 9.36. The maximum Gasteiger partial charge on any atom is 0.314 e. The van der Waals surface area contributed by atoms with Crippen LogP contribution in [0.5, 0.6) is 0 Å². The predicted molar refractivity (Wildman–Crippen MR) is 101 cm³/mol. The van der Waals surface area contributed by atoms with Crippen molar-refractivity contribution in [2.45, 2.75) is 51.6 Å². The summed E-state index contributed by atoms with van der Waals surface area (Å²) in [4.78, 5) is 28.3. The molecule has 6 nitrogen and oxygen atoms in total. The first kappa shape index (κ1) is 17.8. The molecular weight excluding hydrogens is 342 g/mol. The van der Waals surface area contributed by atoms with Gasteiger partial charge in [0.1, 0.15) is 0 Å². The molecule has 0 spiro atoms. The molecule has 0 saturated carbocycles. The van der Waals surface area contributed by atoms with Crippen LogP contribution in [0.4, 0.5) is 0 Å². The molecule has 2 aromatic rings. The first-order valence-electron chi connectivity index (χ1n) is 9.71. The highest BCUT2D eigenvalue weighted by Gasteiger charge is 2.61. The molecule has 1 aromatic carbocycles. The Balaban J connectivity index is 1.69. The van der Waals surface area contributed by atoms with Crippen molar-refractivity contribution in [1.29, 1.82) is 0 Å². The summed E-state index contributed by atoms with van der Waals surface area (Å²) < 4.78 is 7.11. The van der Waals surface area contributed by atoms with E-state index in [0.29, 0.717) is 25.0 Å². The molecule has 1 aromatic heterocycles. The summed E-state index contributed by atoms with van der Waals surface area (Å²) in [5, 5.41) is 4.28. The largest absolute Gasteiger partial charge is 0.466 e. The highest BCUT2D eigenvalue weighted by atomic mass is 16.5. The summed E-state index contributed by atoms with van der Waals surface area (Å²) >= 11 is 0. The molecule has 3 heterocycles. The van der Waals surface area contributed by atoms with Crippen LogP contribution < -0.4 is 0 Å². The fourth-order valence-corrected chi connectivity index (χ4v) is 4.91. The second-order valence-electron chi connectivity index (χ2n) is 7.36. The molecule has 4 rings (SSSR count). The van der Waals surface area contributed by atoms with Gasteiger partial charge in [0.15, 0.2) is 0 Å². The molecule has 2 fully saturated rings. The van der Waals surface area contributed by atoms with Gasteiger partial charge in [-0.15, -0.1) is 0 Å². The van der Waals surface area contributed by atoms with E-state index < -0.39 is 5.41 Å². The van der Waals surface area contributed by atoms with Gasteiger partial charge in [-0.05, 0) is 50.8 Å². The van der Waals surface area contributed by atoms with Gasteiger partial charge in [0.2, 0.25) is 0 Å². The third-order valence-electron chi connectivity index (χ3n) is 6.17. The molecule has 0 aliphatic carbocycles. The normalized spacial score (nSPS) is 26.4. The number of carbonyl (C=O) groups excluding carboxylic acids is 2. The van der Waals surface area contributed by atoms with Crippen molar-refractivity contribution in [3.8, 4) is 5.69 Å². The molecular formula is C21H25N3O3. The van der Waals surface area contributed by atoms with Gasteiger partial charge in [-0.25, -0.2) is 4.68 Å².